The van der Waals surface area contributed by atoms with E-state index in [0.29, 0.717) is 24.2 Å². The number of hydrogen-bond donors (Lipinski definition) is 2. The number of aliphatic hydroxyl groups excluding tert-OH is 1. The van der Waals surface area contributed by atoms with E-state index < -0.39 is 16.1 Å². The Bertz CT molecular complexity index is 508. The average Bonchev–Trinajstić information content (AvgIpc) is 2.52. The molecule has 1 unspecified atom stereocenters. The van der Waals surface area contributed by atoms with E-state index in [0.717, 1.165) is 0 Å². The number of nitrogens with one attached hydrogen (secondary N) is 1. The minimum absolute atomic E-state index is 0.227. The second-order valence-corrected chi connectivity index (χ2v) is 6.08. The summed E-state index contributed by atoms with van der Waals surface area (Å²) in [5, 5.41) is 13.5. The van der Waals surface area contributed by atoms with Crippen molar-refractivity contribution in [2.75, 3.05) is 6.54 Å². The summed E-state index contributed by atoms with van der Waals surface area (Å²) in [5.41, 5.74) is 1.09. The first-order valence-corrected chi connectivity index (χ1v) is 7.45. The van der Waals surface area contributed by atoms with Gasteiger partial charge in [-0.25, -0.2) is 13.1 Å². The van der Waals surface area contributed by atoms with E-state index in [1.54, 1.807) is 25.6 Å². The van der Waals surface area contributed by atoms with Crippen LogP contribution in [0.3, 0.4) is 0 Å². The molecule has 2 N–H and O–H groups in total. The van der Waals surface area contributed by atoms with Crippen LogP contribution >= 0.6 is 0 Å². The van der Waals surface area contributed by atoms with Crippen LogP contribution in [0.4, 0.5) is 0 Å². The molecule has 1 aromatic heterocycles. The van der Waals surface area contributed by atoms with Gasteiger partial charge in [-0.05, 0) is 26.7 Å². The van der Waals surface area contributed by atoms with Crippen LogP contribution in [-0.4, -0.2) is 36.0 Å². The van der Waals surface area contributed by atoms with Crippen LogP contribution in [0, 0.1) is 13.8 Å². The molecule has 18 heavy (non-hydrogen) atoms. The Kier molecular flexibility index (Phi) is 4.89. The summed E-state index contributed by atoms with van der Waals surface area (Å²) >= 11 is 0. The van der Waals surface area contributed by atoms with Gasteiger partial charge in [-0.15, -0.1) is 0 Å². The zero-order valence-corrected chi connectivity index (χ0v) is 12.1. The number of hydrogen-bond acceptors (Lipinski definition) is 4. The summed E-state index contributed by atoms with van der Waals surface area (Å²) in [7, 11) is -1.84. The van der Waals surface area contributed by atoms with E-state index in [1.165, 1.54) is 0 Å². The van der Waals surface area contributed by atoms with Gasteiger partial charge >= 0.3 is 0 Å². The van der Waals surface area contributed by atoms with Crippen molar-refractivity contribution >= 4 is 10.0 Å². The Hall–Kier alpha value is -0.920. The summed E-state index contributed by atoms with van der Waals surface area (Å²) in [6.45, 7) is 5.47. The molecule has 0 saturated carbocycles. The van der Waals surface area contributed by atoms with Crippen molar-refractivity contribution in [3.05, 3.63) is 11.4 Å². The Morgan fingerprint density at radius 3 is 2.50 bits per heavy atom. The number of nitrogens with zero attached hydrogens (tertiary/aromatic N) is 2. The molecule has 0 aliphatic heterocycles. The lowest BCUT2D eigenvalue weighted by atomic mass is 10.2. The van der Waals surface area contributed by atoms with Crippen molar-refractivity contribution in [3.63, 3.8) is 0 Å². The molecule has 0 amide bonds. The molecule has 0 aliphatic carbocycles. The van der Waals surface area contributed by atoms with Crippen LogP contribution < -0.4 is 4.72 Å². The van der Waals surface area contributed by atoms with Crippen molar-refractivity contribution in [1.29, 1.82) is 0 Å². The zero-order chi connectivity index (χ0) is 13.9. The van der Waals surface area contributed by atoms with Crippen molar-refractivity contribution in [3.8, 4) is 0 Å². The number of aryl methyl sites for hydroxylation is 2. The minimum atomic E-state index is -3.55. The molecule has 0 fully saturated rings. The van der Waals surface area contributed by atoms with Gasteiger partial charge in [0.25, 0.3) is 0 Å². The summed E-state index contributed by atoms with van der Waals surface area (Å²) in [6.07, 6.45) is 0.560. The lowest BCUT2D eigenvalue weighted by Gasteiger charge is -2.09. The molecule has 0 aliphatic rings. The molecular formula is C11H21N3O3S. The summed E-state index contributed by atoms with van der Waals surface area (Å²) in [5.74, 6) is 0. The summed E-state index contributed by atoms with van der Waals surface area (Å²) in [4.78, 5) is 0.232. The largest absolute Gasteiger partial charge is 0.393 e. The average molecular weight is 275 g/mol. The molecule has 0 spiro atoms. The second-order valence-electron chi connectivity index (χ2n) is 4.37. The molecule has 6 nitrogen and oxygen atoms in total. The smallest absolute Gasteiger partial charge is 0.244 e. The Morgan fingerprint density at radius 2 is 2.06 bits per heavy atom. The molecule has 1 atom stereocenters. The number of rotatable bonds is 6. The van der Waals surface area contributed by atoms with Gasteiger partial charge in [0.2, 0.25) is 10.0 Å². The molecule has 0 aromatic carbocycles. The third-order valence-corrected chi connectivity index (χ3v) is 4.66. The van der Waals surface area contributed by atoms with E-state index in [4.69, 9.17) is 0 Å². The number of sulfonamides is 1. The zero-order valence-electron chi connectivity index (χ0n) is 11.3. The van der Waals surface area contributed by atoms with Gasteiger partial charge in [-0.2, -0.15) is 5.10 Å². The first-order chi connectivity index (χ1) is 8.29. The molecule has 0 saturated heterocycles. The Labute approximate surface area is 108 Å². The van der Waals surface area contributed by atoms with Crippen LogP contribution in [-0.2, 0) is 17.1 Å². The highest BCUT2D eigenvalue weighted by Gasteiger charge is 2.23. The monoisotopic (exact) mass is 275 g/mol. The van der Waals surface area contributed by atoms with Crippen LogP contribution in [0.15, 0.2) is 4.90 Å². The quantitative estimate of drug-likeness (QED) is 0.790. The van der Waals surface area contributed by atoms with Gasteiger partial charge in [-0.3, -0.25) is 4.68 Å². The van der Waals surface area contributed by atoms with Crippen molar-refractivity contribution in [1.82, 2.24) is 14.5 Å². The maximum absolute atomic E-state index is 12.1. The molecule has 7 heteroatoms. The lowest BCUT2D eigenvalue weighted by molar-refractivity contribution is 0.162. The van der Waals surface area contributed by atoms with Crippen molar-refractivity contribution < 1.29 is 13.5 Å². The Balaban J connectivity index is 2.81. The number of aromatic nitrogens is 2. The van der Waals surface area contributed by atoms with E-state index >= 15 is 0 Å². The summed E-state index contributed by atoms with van der Waals surface area (Å²) in [6, 6.07) is 0. The fourth-order valence-corrected chi connectivity index (χ4v) is 3.26. The molecule has 1 aromatic rings. The van der Waals surface area contributed by atoms with Crippen LogP contribution in [0.2, 0.25) is 0 Å². The molecule has 1 heterocycles. The fourth-order valence-electron chi connectivity index (χ4n) is 1.78. The molecule has 0 radical (unpaired) electrons. The van der Waals surface area contributed by atoms with Crippen LogP contribution in [0.5, 0.6) is 0 Å². The van der Waals surface area contributed by atoms with E-state index in [9.17, 15) is 13.5 Å². The van der Waals surface area contributed by atoms with Gasteiger partial charge in [0.05, 0.1) is 17.5 Å². The first-order valence-electron chi connectivity index (χ1n) is 5.97. The highest BCUT2D eigenvalue weighted by atomic mass is 32.2. The third kappa shape index (κ3) is 3.30. The maximum Gasteiger partial charge on any atom is 0.244 e. The molecule has 0 bridgehead atoms. The fraction of sp³-hybridized carbons (Fsp3) is 0.727. The normalized spacial score (nSPS) is 13.8. The van der Waals surface area contributed by atoms with Gasteiger partial charge < -0.3 is 5.11 Å². The van der Waals surface area contributed by atoms with Gasteiger partial charge in [0, 0.05) is 13.6 Å². The third-order valence-electron chi connectivity index (χ3n) is 2.95. The highest BCUT2D eigenvalue weighted by molar-refractivity contribution is 7.89. The van der Waals surface area contributed by atoms with Gasteiger partial charge in [-0.1, -0.05) is 6.92 Å². The van der Waals surface area contributed by atoms with E-state index in [2.05, 4.69) is 9.82 Å². The topological polar surface area (TPSA) is 84.2 Å². The molecule has 1 rings (SSSR count). The van der Waals surface area contributed by atoms with E-state index in [-0.39, 0.29) is 11.4 Å². The second kappa shape index (κ2) is 5.81. The Morgan fingerprint density at radius 1 is 1.44 bits per heavy atom. The predicted octanol–water partition coefficient (Wildman–Crippen LogP) is 0.476. The number of aliphatic hydroxyl groups is 1. The first kappa shape index (κ1) is 15.1. The van der Waals surface area contributed by atoms with Gasteiger partial charge in [0.15, 0.2) is 0 Å². The van der Waals surface area contributed by atoms with Crippen molar-refractivity contribution in [2.24, 2.45) is 7.05 Å². The molecule has 104 valence electrons. The van der Waals surface area contributed by atoms with Crippen LogP contribution in [0.25, 0.3) is 0 Å². The minimum Gasteiger partial charge on any atom is -0.393 e. The predicted molar refractivity (Wildman–Crippen MR) is 68.8 cm³/mol. The van der Waals surface area contributed by atoms with Gasteiger partial charge in [0.1, 0.15) is 4.90 Å². The summed E-state index contributed by atoms with van der Waals surface area (Å²) < 4.78 is 28.3. The van der Waals surface area contributed by atoms with E-state index in [1.807, 2.05) is 6.92 Å². The van der Waals surface area contributed by atoms with Crippen LogP contribution in [0.1, 0.15) is 31.2 Å². The van der Waals surface area contributed by atoms with Crippen molar-refractivity contribution in [2.45, 2.75) is 44.6 Å². The standard InChI is InChI=1S/C11H21N3O3S/c1-5-10(15)6-7-12-18(16,17)11-8(2)13-14(4)9(11)3/h10,12,15H,5-7H2,1-4H3. The maximum atomic E-state index is 12.1. The molecular weight excluding hydrogens is 254 g/mol. The lowest BCUT2D eigenvalue weighted by Crippen LogP contribution is -2.28. The SMILES string of the molecule is CCC(O)CCNS(=O)(=O)c1c(C)nn(C)c1C. The highest BCUT2D eigenvalue weighted by Crippen LogP contribution is 2.18.